The maximum atomic E-state index is 11.8. The summed E-state index contributed by atoms with van der Waals surface area (Å²) in [6, 6.07) is 5.79. The monoisotopic (exact) mass is 302 g/mol. The van der Waals surface area contributed by atoms with Crippen molar-refractivity contribution in [2.75, 3.05) is 13.1 Å². The molecule has 1 fully saturated rings. The molecule has 0 bridgehead atoms. The van der Waals surface area contributed by atoms with Gasteiger partial charge in [0.25, 0.3) is 0 Å². The molecule has 0 unspecified atom stereocenters. The minimum absolute atomic E-state index is 0.0569. The van der Waals surface area contributed by atoms with Crippen LogP contribution in [0.15, 0.2) is 29.4 Å². The van der Waals surface area contributed by atoms with Crippen LogP contribution in [-0.2, 0) is 9.59 Å². The van der Waals surface area contributed by atoms with E-state index in [4.69, 9.17) is 0 Å². The first-order valence-corrected chi connectivity index (χ1v) is 7.01. The van der Waals surface area contributed by atoms with Crippen molar-refractivity contribution in [1.29, 1.82) is 0 Å². The lowest BCUT2D eigenvalue weighted by Gasteiger charge is -2.25. The highest BCUT2D eigenvalue weighted by Gasteiger charge is 2.22. The predicted octanol–water partition coefficient (Wildman–Crippen LogP) is -0.487. The van der Waals surface area contributed by atoms with Crippen molar-refractivity contribution >= 4 is 24.0 Å². The molecular weight excluding hydrogens is 286 g/mol. The second-order valence-electron chi connectivity index (χ2n) is 4.96. The summed E-state index contributed by atoms with van der Waals surface area (Å²) in [5, 5.41) is 14.3. The van der Waals surface area contributed by atoms with Crippen LogP contribution in [0, 0.1) is 0 Å². The van der Waals surface area contributed by atoms with E-state index in [0.29, 0.717) is 18.7 Å². The largest absolute Gasteiger partial charge is 0.545 e. The number of carboxylic acid groups (broad SMARTS) is 1. The smallest absolute Gasteiger partial charge is 0.329 e. The average molecular weight is 302 g/mol. The van der Waals surface area contributed by atoms with Crippen molar-refractivity contribution in [2.45, 2.75) is 19.3 Å². The molecule has 1 saturated heterocycles. The van der Waals surface area contributed by atoms with Crippen LogP contribution in [0.2, 0.25) is 0 Å². The van der Waals surface area contributed by atoms with E-state index in [9.17, 15) is 19.5 Å². The fourth-order valence-electron chi connectivity index (χ4n) is 2.16. The normalized spacial score (nSPS) is 14.8. The Kier molecular flexibility index (Phi) is 5.24. The Hall–Kier alpha value is -2.70. The highest BCUT2D eigenvalue weighted by Crippen LogP contribution is 2.08. The molecule has 2 amide bonds. The number of piperidine rings is 1. The van der Waals surface area contributed by atoms with Gasteiger partial charge in [0, 0.05) is 13.1 Å². The van der Waals surface area contributed by atoms with E-state index < -0.39 is 17.8 Å². The number of likely N-dealkylation sites (tertiary alicyclic amines) is 1. The number of hydrogen-bond acceptors (Lipinski definition) is 5. The standard InChI is InChI=1S/C15H17N3O4/c19-13(14(20)18-8-2-1-3-9-18)17-16-10-11-4-6-12(7-5-11)15(21)22/h4-7,10H,1-3,8-9H2,(H,17,19)(H,21,22)/p-1/b16-10-. The molecule has 0 spiro atoms. The quantitative estimate of drug-likeness (QED) is 0.462. The lowest BCUT2D eigenvalue weighted by Crippen LogP contribution is -2.43. The highest BCUT2D eigenvalue weighted by molar-refractivity contribution is 6.35. The SMILES string of the molecule is O=C(N/N=C\c1ccc(C(=O)[O-])cc1)C(=O)N1CCCCC1. The Morgan fingerprint density at radius 1 is 1.09 bits per heavy atom. The molecule has 1 aliphatic heterocycles. The van der Waals surface area contributed by atoms with Gasteiger partial charge in [0.15, 0.2) is 0 Å². The van der Waals surface area contributed by atoms with Gasteiger partial charge in [0.05, 0.1) is 12.2 Å². The fourth-order valence-corrected chi connectivity index (χ4v) is 2.16. The summed E-state index contributed by atoms with van der Waals surface area (Å²) in [5.41, 5.74) is 2.83. The Morgan fingerprint density at radius 3 is 2.32 bits per heavy atom. The van der Waals surface area contributed by atoms with Crippen LogP contribution in [0.4, 0.5) is 0 Å². The molecule has 0 aliphatic carbocycles. The van der Waals surface area contributed by atoms with E-state index in [0.717, 1.165) is 19.3 Å². The summed E-state index contributed by atoms with van der Waals surface area (Å²) < 4.78 is 0. The topological polar surface area (TPSA) is 102 Å². The van der Waals surface area contributed by atoms with Gasteiger partial charge in [-0.1, -0.05) is 24.3 Å². The zero-order valence-electron chi connectivity index (χ0n) is 11.9. The van der Waals surface area contributed by atoms with Gasteiger partial charge in [-0.25, -0.2) is 5.43 Å². The number of carbonyl (C=O) groups is 3. The first-order chi connectivity index (χ1) is 10.6. The molecule has 1 aromatic rings. The summed E-state index contributed by atoms with van der Waals surface area (Å²) in [5.74, 6) is -2.61. The predicted molar refractivity (Wildman–Crippen MR) is 76.9 cm³/mol. The number of aromatic carboxylic acids is 1. The molecular formula is C15H16N3O4-. The van der Waals surface area contributed by atoms with Gasteiger partial charge in [-0.3, -0.25) is 9.59 Å². The zero-order chi connectivity index (χ0) is 15.9. The van der Waals surface area contributed by atoms with Crippen molar-refractivity contribution in [2.24, 2.45) is 5.10 Å². The molecule has 1 aliphatic rings. The number of carboxylic acids is 1. The lowest BCUT2D eigenvalue weighted by atomic mass is 10.1. The van der Waals surface area contributed by atoms with Crippen LogP contribution in [0.1, 0.15) is 35.2 Å². The number of rotatable bonds is 3. The van der Waals surface area contributed by atoms with Crippen LogP contribution < -0.4 is 10.5 Å². The molecule has 1 heterocycles. The maximum absolute atomic E-state index is 11.8. The van der Waals surface area contributed by atoms with Crippen molar-refractivity contribution in [1.82, 2.24) is 10.3 Å². The summed E-state index contributed by atoms with van der Waals surface area (Å²) >= 11 is 0. The summed E-state index contributed by atoms with van der Waals surface area (Å²) in [6.07, 6.45) is 4.23. The van der Waals surface area contributed by atoms with E-state index in [-0.39, 0.29) is 5.56 Å². The Balaban J connectivity index is 1.86. The number of benzene rings is 1. The molecule has 0 atom stereocenters. The van der Waals surface area contributed by atoms with Gasteiger partial charge in [-0.05, 0) is 30.4 Å². The van der Waals surface area contributed by atoms with Crippen LogP contribution >= 0.6 is 0 Å². The molecule has 0 saturated carbocycles. The molecule has 116 valence electrons. The number of hydrazone groups is 1. The van der Waals surface area contributed by atoms with Gasteiger partial charge in [0.2, 0.25) is 0 Å². The highest BCUT2D eigenvalue weighted by atomic mass is 16.4. The van der Waals surface area contributed by atoms with E-state index in [1.165, 1.54) is 35.4 Å². The van der Waals surface area contributed by atoms with E-state index in [2.05, 4.69) is 10.5 Å². The van der Waals surface area contributed by atoms with Crippen molar-refractivity contribution < 1.29 is 19.5 Å². The average Bonchev–Trinajstić information content (AvgIpc) is 2.55. The second kappa shape index (κ2) is 7.35. The van der Waals surface area contributed by atoms with Crippen LogP contribution in [-0.4, -0.2) is 42.0 Å². The van der Waals surface area contributed by atoms with E-state index in [1.54, 1.807) is 0 Å². The maximum Gasteiger partial charge on any atom is 0.329 e. The lowest BCUT2D eigenvalue weighted by molar-refractivity contribution is -0.255. The Labute approximate surface area is 127 Å². The Bertz CT molecular complexity index is 589. The van der Waals surface area contributed by atoms with Crippen molar-refractivity contribution in [3.8, 4) is 0 Å². The van der Waals surface area contributed by atoms with Crippen molar-refractivity contribution in [3.63, 3.8) is 0 Å². The van der Waals surface area contributed by atoms with Gasteiger partial charge >= 0.3 is 11.8 Å². The zero-order valence-corrected chi connectivity index (χ0v) is 11.9. The molecule has 1 aromatic carbocycles. The minimum Gasteiger partial charge on any atom is -0.545 e. The number of carbonyl (C=O) groups excluding carboxylic acids is 3. The van der Waals surface area contributed by atoms with Gasteiger partial charge < -0.3 is 14.8 Å². The van der Waals surface area contributed by atoms with Gasteiger partial charge in [-0.15, -0.1) is 0 Å². The number of nitrogens with zero attached hydrogens (tertiary/aromatic N) is 2. The number of amides is 2. The van der Waals surface area contributed by atoms with Crippen LogP contribution in [0.3, 0.4) is 0 Å². The third-order valence-electron chi connectivity index (χ3n) is 3.36. The van der Waals surface area contributed by atoms with E-state index >= 15 is 0 Å². The van der Waals surface area contributed by atoms with Gasteiger partial charge in [-0.2, -0.15) is 5.10 Å². The molecule has 0 aromatic heterocycles. The summed E-state index contributed by atoms with van der Waals surface area (Å²) in [4.78, 5) is 35.6. The fraction of sp³-hybridized carbons (Fsp3) is 0.333. The molecule has 2 rings (SSSR count). The molecule has 7 heteroatoms. The molecule has 1 N–H and O–H groups in total. The third kappa shape index (κ3) is 4.15. The van der Waals surface area contributed by atoms with Crippen molar-refractivity contribution in [3.05, 3.63) is 35.4 Å². The minimum atomic E-state index is -1.26. The molecule has 0 radical (unpaired) electrons. The first kappa shape index (κ1) is 15.7. The molecule has 7 nitrogen and oxygen atoms in total. The van der Waals surface area contributed by atoms with Crippen LogP contribution in [0.5, 0.6) is 0 Å². The number of hydrogen-bond donors (Lipinski definition) is 1. The Morgan fingerprint density at radius 2 is 1.73 bits per heavy atom. The first-order valence-electron chi connectivity index (χ1n) is 7.01. The number of nitrogens with one attached hydrogen (secondary N) is 1. The van der Waals surface area contributed by atoms with Gasteiger partial charge in [0.1, 0.15) is 0 Å². The second-order valence-corrected chi connectivity index (χ2v) is 4.96. The third-order valence-corrected chi connectivity index (χ3v) is 3.36. The summed E-state index contributed by atoms with van der Waals surface area (Å²) in [6.45, 7) is 1.20. The molecule has 22 heavy (non-hydrogen) atoms. The van der Waals surface area contributed by atoms with Crippen LogP contribution in [0.25, 0.3) is 0 Å². The summed E-state index contributed by atoms with van der Waals surface area (Å²) in [7, 11) is 0. The van der Waals surface area contributed by atoms with E-state index in [1.807, 2.05) is 0 Å².